The second-order valence-electron chi connectivity index (χ2n) is 6.32. The first kappa shape index (κ1) is 15.3. The summed E-state index contributed by atoms with van der Waals surface area (Å²) in [5, 5.41) is 2.92. The van der Waals surface area contributed by atoms with Gasteiger partial charge in [-0.2, -0.15) is 0 Å². The molecule has 0 spiro atoms. The lowest BCUT2D eigenvalue weighted by Gasteiger charge is -2.07. The van der Waals surface area contributed by atoms with Gasteiger partial charge in [0, 0.05) is 30.1 Å². The van der Waals surface area contributed by atoms with Crippen molar-refractivity contribution < 1.29 is 4.79 Å². The second-order valence-corrected chi connectivity index (χ2v) is 6.32. The van der Waals surface area contributed by atoms with Crippen molar-refractivity contribution in [1.29, 1.82) is 0 Å². The van der Waals surface area contributed by atoms with Crippen LogP contribution >= 0.6 is 0 Å². The Bertz CT molecular complexity index is 831. The molecule has 3 rings (SSSR count). The first-order valence-electron chi connectivity index (χ1n) is 7.87. The maximum atomic E-state index is 11.8. The van der Waals surface area contributed by atoms with Gasteiger partial charge in [0.15, 0.2) is 0 Å². The summed E-state index contributed by atoms with van der Waals surface area (Å²) in [7, 11) is 0. The van der Waals surface area contributed by atoms with Crippen LogP contribution in [0.1, 0.15) is 25.8 Å². The van der Waals surface area contributed by atoms with Crippen molar-refractivity contribution in [2.45, 2.75) is 27.2 Å². The molecule has 118 valence electrons. The van der Waals surface area contributed by atoms with Gasteiger partial charge < -0.3 is 9.72 Å². The van der Waals surface area contributed by atoms with E-state index in [0.29, 0.717) is 12.3 Å². The number of aromatic nitrogens is 2. The maximum absolute atomic E-state index is 11.8. The fourth-order valence-electron chi connectivity index (χ4n) is 2.53. The van der Waals surface area contributed by atoms with Crippen molar-refractivity contribution in [3.63, 3.8) is 0 Å². The zero-order valence-electron chi connectivity index (χ0n) is 13.7. The normalized spacial score (nSPS) is 11.1. The Balaban J connectivity index is 1.79. The number of anilines is 1. The Morgan fingerprint density at radius 2 is 1.96 bits per heavy atom. The Labute approximate surface area is 136 Å². The van der Waals surface area contributed by atoms with Gasteiger partial charge >= 0.3 is 0 Å². The molecule has 4 heteroatoms. The molecule has 0 fully saturated rings. The van der Waals surface area contributed by atoms with E-state index in [2.05, 4.69) is 29.4 Å². The van der Waals surface area contributed by atoms with E-state index in [1.165, 1.54) is 5.56 Å². The van der Waals surface area contributed by atoms with Crippen molar-refractivity contribution in [3.05, 3.63) is 54.4 Å². The number of carbonyl (C=O) groups is 1. The molecule has 1 N–H and O–H groups in total. The highest BCUT2D eigenvalue weighted by atomic mass is 16.1. The van der Waals surface area contributed by atoms with Crippen LogP contribution in [0.2, 0.25) is 0 Å². The van der Waals surface area contributed by atoms with E-state index in [1.54, 1.807) is 0 Å². The van der Waals surface area contributed by atoms with Gasteiger partial charge in [-0.15, -0.1) is 0 Å². The van der Waals surface area contributed by atoms with E-state index in [4.69, 9.17) is 0 Å². The summed E-state index contributed by atoms with van der Waals surface area (Å²) < 4.78 is 2.01. The van der Waals surface area contributed by atoms with E-state index in [-0.39, 0.29) is 5.91 Å². The molecule has 2 heterocycles. The molecule has 23 heavy (non-hydrogen) atoms. The fraction of sp³-hybridized carbons (Fsp3) is 0.263. The van der Waals surface area contributed by atoms with Crippen LogP contribution < -0.4 is 5.32 Å². The molecule has 0 radical (unpaired) electrons. The number of hydrogen-bond donors (Lipinski definition) is 1. The zero-order chi connectivity index (χ0) is 16.4. The van der Waals surface area contributed by atoms with E-state index >= 15 is 0 Å². The summed E-state index contributed by atoms with van der Waals surface area (Å²) in [6, 6.07) is 11.9. The molecular formula is C19H21N3O. The quantitative estimate of drug-likeness (QED) is 0.781. The summed E-state index contributed by atoms with van der Waals surface area (Å²) in [4.78, 5) is 16.4. The van der Waals surface area contributed by atoms with Crippen molar-refractivity contribution in [3.8, 4) is 11.3 Å². The van der Waals surface area contributed by atoms with Crippen LogP contribution in [0.15, 0.2) is 48.8 Å². The van der Waals surface area contributed by atoms with E-state index in [0.717, 1.165) is 22.6 Å². The van der Waals surface area contributed by atoms with E-state index in [1.807, 2.05) is 54.9 Å². The summed E-state index contributed by atoms with van der Waals surface area (Å²) in [5.74, 6) is 0.409. The number of pyridine rings is 1. The number of rotatable bonds is 4. The summed E-state index contributed by atoms with van der Waals surface area (Å²) in [6.07, 6.45) is 4.57. The van der Waals surface area contributed by atoms with Crippen LogP contribution in [-0.2, 0) is 4.79 Å². The number of imidazole rings is 1. The van der Waals surface area contributed by atoms with Crippen molar-refractivity contribution in [2.24, 2.45) is 5.92 Å². The van der Waals surface area contributed by atoms with Crippen molar-refractivity contribution >= 4 is 17.2 Å². The highest BCUT2D eigenvalue weighted by Crippen LogP contribution is 2.22. The van der Waals surface area contributed by atoms with Crippen molar-refractivity contribution in [1.82, 2.24) is 9.38 Å². The predicted octanol–water partition coefficient (Wildman–Crippen LogP) is 4.29. The zero-order valence-corrected chi connectivity index (χ0v) is 13.7. The monoisotopic (exact) mass is 307 g/mol. The third-order valence-corrected chi connectivity index (χ3v) is 3.67. The molecule has 0 aliphatic heterocycles. The minimum Gasteiger partial charge on any atom is -0.326 e. The van der Waals surface area contributed by atoms with Crippen LogP contribution in [0.4, 0.5) is 5.69 Å². The number of benzene rings is 1. The van der Waals surface area contributed by atoms with Crippen LogP contribution in [-0.4, -0.2) is 15.3 Å². The highest BCUT2D eigenvalue weighted by molar-refractivity contribution is 5.91. The molecule has 4 nitrogen and oxygen atoms in total. The lowest BCUT2D eigenvalue weighted by molar-refractivity contribution is -0.116. The number of hydrogen-bond acceptors (Lipinski definition) is 2. The lowest BCUT2D eigenvalue weighted by Crippen LogP contribution is -2.13. The summed E-state index contributed by atoms with van der Waals surface area (Å²) in [6.45, 7) is 6.13. The Hall–Kier alpha value is -2.62. The maximum Gasteiger partial charge on any atom is 0.224 e. The largest absolute Gasteiger partial charge is 0.326 e. The molecule has 3 aromatic rings. The molecule has 0 aliphatic rings. The molecule has 0 saturated heterocycles. The number of nitrogens with zero attached hydrogens (tertiary/aromatic N) is 2. The molecule has 1 amide bonds. The topological polar surface area (TPSA) is 46.4 Å². The van der Waals surface area contributed by atoms with Gasteiger partial charge in [0.2, 0.25) is 5.91 Å². The minimum atomic E-state index is 0.0518. The smallest absolute Gasteiger partial charge is 0.224 e. The number of nitrogens with one attached hydrogen (secondary N) is 1. The average molecular weight is 307 g/mol. The lowest BCUT2D eigenvalue weighted by atomic mass is 10.1. The molecule has 0 atom stereocenters. The van der Waals surface area contributed by atoms with Gasteiger partial charge in [-0.3, -0.25) is 4.79 Å². The average Bonchev–Trinajstić information content (AvgIpc) is 2.90. The first-order chi connectivity index (χ1) is 11.0. The number of amides is 1. The van der Waals surface area contributed by atoms with Crippen LogP contribution in [0, 0.1) is 12.8 Å². The SMILES string of the molecule is Cc1ccn2cc(-c3ccc(NC(=O)CC(C)C)cc3)nc2c1. The van der Waals surface area contributed by atoms with Gasteiger partial charge in [0.05, 0.1) is 5.69 Å². The molecule has 0 unspecified atom stereocenters. The Morgan fingerprint density at radius 3 is 2.65 bits per heavy atom. The number of aryl methyl sites for hydroxylation is 1. The predicted molar refractivity (Wildman–Crippen MR) is 93.4 cm³/mol. The number of carbonyl (C=O) groups excluding carboxylic acids is 1. The van der Waals surface area contributed by atoms with Crippen molar-refractivity contribution in [2.75, 3.05) is 5.32 Å². The first-order valence-corrected chi connectivity index (χ1v) is 7.87. The van der Waals surface area contributed by atoms with E-state index in [9.17, 15) is 4.79 Å². The summed E-state index contributed by atoms with van der Waals surface area (Å²) >= 11 is 0. The molecule has 2 aromatic heterocycles. The molecule has 0 bridgehead atoms. The molecule has 1 aromatic carbocycles. The van der Waals surface area contributed by atoms with Gasteiger partial charge in [-0.25, -0.2) is 4.98 Å². The van der Waals surface area contributed by atoms with Gasteiger partial charge in [-0.05, 0) is 42.7 Å². The van der Waals surface area contributed by atoms with Gasteiger partial charge in [-0.1, -0.05) is 26.0 Å². The van der Waals surface area contributed by atoms with Gasteiger partial charge in [0.25, 0.3) is 0 Å². The Kier molecular flexibility index (Phi) is 4.15. The van der Waals surface area contributed by atoms with Crippen LogP contribution in [0.25, 0.3) is 16.9 Å². The highest BCUT2D eigenvalue weighted by Gasteiger charge is 2.07. The van der Waals surface area contributed by atoms with Crippen LogP contribution in [0.3, 0.4) is 0 Å². The molecular weight excluding hydrogens is 286 g/mol. The Morgan fingerprint density at radius 1 is 1.22 bits per heavy atom. The third-order valence-electron chi connectivity index (χ3n) is 3.67. The molecule has 0 aliphatic carbocycles. The standard InChI is InChI=1S/C19H21N3O/c1-13(2)10-19(23)20-16-6-4-15(5-7-16)17-12-22-9-8-14(3)11-18(22)21-17/h4-9,11-13H,10H2,1-3H3,(H,20,23). The van der Waals surface area contributed by atoms with E-state index < -0.39 is 0 Å². The molecule has 0 saturated carbocycles. The third kappa shape index (κ3) is 3.59. The minimum absolute atomic E-state index is 0.0518. The summed E-state index contributed by atoms with van der Waals surface area (Å²) in [5.41, 5.74) is 4.91. The van der Waals surface area contributed by atoms with Gasteiger partial charge in [0.1, 0.15) is 5.65 Å². The van der Waals surface area contributed by atoms with Crippen LogP contribution in [0.5, 0.6) is 0 Å². The number of fused-ring (bicyclic) bond motifs is 1. The fourth-order valence-corrected chi connectivity index (χ4v) is 2.53. The second kappa shape index (κ2) is 6.24.